The van der Waals surface area contributed by atoms with Crippen LogP contribution in [0, 0.1) is 0 Å². The van der Waals surface area contributed by atoms with Gasteiger partial charge in [-0.3, -0.25) is 9.59 Å². The van der Waals surface area contributed by atoms with E-state index in [1.807, 2.05) is 0 Å². The van der Waals surface area contributed by atoms with E-state index in [1.54, 1.807) is 36.4 Å². The lowest BCUT2D eigenvalue weighted by molar-refractivity contribution is -0.123. The van der Waals surface area contributed by atoms with Gasteiger partial charge in [0.05, 0.1) is 35.6 Å². The highest BCUT2D eigenvalue weighted by molar-refractivity contribution is 6.33. The second-order valence-corrected chi connectivity index (χ2v) is 5.73. The Morgan fingerprint density at radius 3 is 1.60 bits per heavy atom. The van der Waals surface area contributed by atoms with Crippen LogP contribution in [-0.2, 0) is 9.59 Å². The van der Waals surface area contributed by atoms with Crippen molar-refractivity contribution in [3.05, 3.63) is 46.4 Å². The zero-order valence-electron chi connectivity index (χ0n) is 13.6. The van der Waals surface area contributed by atoms with E-state index in [2.05, 4.69) is 10.6 Å². The summed E-state index contributed by atoms with van der Waals surface area (Å²) in [5, 5.41) is 5.89. The zero-order valence-corrected chi connectivity index (χ0v) is 15.1. The first kappa shape index (κ1) is 18.9. The summed E-state index contributed by atoms with van der Waals surface area (Å²) in [5.41, 5.74) is 0.765. The number of hydrogen-bond donors (Lipinski definition) is 2. The van der Waals surface area contributed by atoms with E-state index in [-0.39, 0.29) is 0 Å². The van der Waals surface area contributed by atoms with Gasteiger partial charge in [-0.1, -0.05) is 35.3 Å². The Kier molecular flexibility index (Phi) is 6.50. The lowest BCUT2D eigenvalue weighted by Crippen LogP contribution is -2.22. The number of carbonyl (C=O) groups is 2. The van der Waals surface area contributed by atoms with Crippen LogP contribution in [0.2, 0.25) is 10.0 Å². The molecule has 0 heterocycles. The highest BCUT2D eigenvalue weighted by Crippen LogP contribution is 2.33. The van der Waals surface area contributed by atoms with Crippen LogP contribution >= 0.6 is 23.2 Å². The quantitative estimate of drug-likeness (QED) is 0.740. The van der Waals surface area contributed by atoms with Crippen LogP contribution in [0.15, 0.2) is 36.4 Å². The maximum Gasteiger partial charge on any atom is 0.233 e. The van der Waals surface area contributed by atoms with E-state index in [1.165, 1.54) is 14.2 Å². The number of anilines is 2. The van der Waals surface area contributed by atoms with E-state index >= 15 is 0 Å². The molecule has 0 saturated heterocycles. The average molecular weight is 383 g/mol. The Bertz CT molecular complexity index is 731. The van der Waals surface area contributed by atoms with Crippen LogP contribution in [-0.4, -0.2) is 26.0 Å². The summed E-state index contributed by atoms with van der Waals surface area (Å²) in [5.74, 6) is -0.373. The minimum Gasteiger partial charge on any atom is -0.493 e. The van der Waals surface area contributed by atoms with Gasteiger partial charge >= 0.3 is 0 Å². The number of carbonyl (C=O) groups excluding carboxylic acids is 2. The van der Waals surface area contributed by atoms with Gasteiger partial charge in [0.2, 0.25) is 11.8 Å². The van der Waals surface area contributed by atoms with E-state index < -0.39 is 18.2 Å². The Labute approximate surface area is 155 Å². The van der Waals surface area contributed by atoms with E-state index in [0.717, 1.165) is 0 Å². The fourth-order valence-electron chi connectivity index (χ4n) is 2.16. The van der Waals surface area contributed by atoms with Crippen molar-refractivity contribution in [2.24, 2.45) is 0 Å². The fourth-order valence-corrected chi connectivity index (χ4v) is 2.67. The Balaban J connectivity index is 2.03. The van der Waals surface area contributed by atoms with Gasteiger partial charge in [-0.25, -0.2) is 0 Å². The molecule has 0 aliphatic rings. The number of nitrogens with one attached hydrogen (secondary N) is 2. The summed E-state index contributed by atoms with van der Waals surface area (Å²) in [6.07, 6.45) is -0.397. The van der Waals surface area contributed by atoms with Gasteiger partial charge in [0.1, 0.15) is 6.42 Å². The second kappa shape index (κ2) is 8.60. The second-order valence-electron chi connectivity index (χ2n) is 4.91. The molecule has 0 saturated carbocycles. The molecule has 25 heavy (non-hydrogen) atoms. The predicted molar refractivity (Wildman–Crippen MR) is 97.9 cm³/mol. The molecule has 0 spiro atoms. The van der Waals surface area contributed by atoms with Crippen LogP contribution < -0.4 is 20.1 Å². The standard InChI is InChI=1S/C17H16Cl2N2O4/c1-24-16-10(18)5-3-7-12(16)20-14(22)9-15(23)21-13-8-4-6-11(19)17(13)25-2/h3-8H,9H2,1-2H3,(H,20,22)(H,21,23). The largest absolute Gasteiger partial charge is 0.493 e. The van der Waals surface area contributed by atoms with Crippen molar-refractivity contribution in [2.75, 3.05) is 24.9 Å². The number of rotatable bonds is 6. The molecule has 2 aromatic rings. The van der Waals surface area contributed by atoms with Gasteiger partial charge in [-0.15, -0.1) is 0 Å². The monoisotopic (exact) mass is 382 g/mol. The maximum atomic E-state index is 12.1. The molecule has 2 aromatic carbocycles. The molecule has 0 aliphatic carbocycles. The number of hydrogen-bond acceptors (Lipinski definition) is 4. The van der Waals surface area contributed by atoms with Gasteiger partial charge in [-0.2, -0.15) is 0 Å². The molecular weight excluding hydrogens is 367 g/mol. The zero-order chi connectivity index (χ0) is 18.4. The minimum absolute atomic E-state index is 0.328. The summed E-state index contributed by atoms with van der Waals surface area (Å²) >= 11 is 12.0. The van der Waals surface area contributed by atoms with E-state index in [4.69, 9.17) is 32.7 Å². The Morgan fingerprint density at radius 1 is 0.840 bits per heavy atom. The third-order valence-electron chi connectivity index (χ3n) is 3.21. The molecule has 2 N–H and O–H groups in total. The lowest BCUT2D eigenvalue weighted by atomic mass is 10.2. The molecule has 0 unspecified atom stereocenters. The van der Waals surface area contributed by atoms with Gasteiger partial charge in [-0.05, 0) is 24.3 Å². The number of para-hydroxylation sites is 2. The molecular formula is C17H16Cl2N2O4. The van der Waals surface area contributed by atoms with Crippen LogP contribution in [0.3, 0.4) is 0 Å². The summed E-state index contributed by atoms with van der Waals surface area (Å²) in [6, 6.07) is 9.85. The Hall–Kier alpha value is -2.44. The maximum absolute atomic E-state index is 12.1. The highest BCUT2D eigenvalue weighted by Gasteiger charge is 2.16. The first-order chi connectivity index (χ1) is 12.0. The highest BCUT2D eigenvalue weighted by atomic mass is 35.5. The summed E-state index contributed by atoms with van der Waals surface area (Å²) in [4.78, 5) is 24.2. The Morgan fingerprint density at radius 2 is 1.24 bits per heavy atom. The average Bonchev–Trinajstić information content (AvgIpc) is 2.55. The normalized spacial score (nSPS) is 10.1. The number of benzene rings is 2. The lowest BCUT2D eigenvalue weighted by Gasteiger charge is -2.13. The van der Waals surface area contributed by atoms with Crippen LogP contribution in [0.4, 0.5) is 11.4 Å². The first-order valence-electron chi connectivity index (χ1n) is 7.21. The van der Waals surface area contributed by atoms with Crippen molar-refractivity contribution in [2.45, 2.75) is 6.42 Å². The summed E-state index contributed by atoms with van der Waals surface area (Å²) < 4.78 is 10.3. The summed E-state index contributed by atoms with van der Waals surface area (Å²) in [7, 11) is 2.88. The number of halogens is 2. The van der Waals surface area contributed by atoms with Gasteiger partial charge in [0.25, 0.3) is 0 Å². The van der Waals surface area contributed by atoms with Crippen molar-refractivity contribution >= 4 is 46.4 Å². The van der Waals surface area contributed by atoms with Crippen molar-refractivity contribution in [1.82, 2.24) is 0 Å². The summed E-state index contributed by atoms with van der Waals surface area (Å²) in [6.45, 7) is 0. The van der Waals surface area contributed by atoms with E-state index in [9.17, 15) is 9.59 Å². The third-order valence-corrected chi connectivity index (χ3v) is 3.81. The molecule has 8 heteroatoms. The molecule has 2 amide bonds. The van der Waals surface area contributed by atoms with Crippen LogP contribution in [0.1, 0.15) is 6.42 Å². The SMILES string of the molecule is COc1c(Cl)cccc1NC(=O)CC(=O)Nc1cccc(Cl)c1OC. The van der Waals surface area contributed by atoms with Crippen LogP contribution in [0.5, 0.6) is 11.5 Å². The van der Waals surface area contributed by atoms with Crippen molar-refractivity contribution in [1.29, 1.82) is 0 Å². The van der Waals surface area contributed by atoms with Gasteiger partial charge in [0, 0.05) is 0 Å². The molecule has 0 fully saturated rings. The van der Waals surface area contributed by atoms with Crippen molar-refractivity contribution < 1.29 is 19.1 Å². The molecule has 0 aliphatic heterocycles. The fraction of sp³-hybridized carbons (Fsp3) is 0.176. The molecule has 0 atom stereocenters. The van der Waals surface area contributed by atoms with Crippen molar-refractivity contribution in [3.8, 4) is 11.5 Å². The van der Waals surface area contributed by atoms with E-state index in [0.29, 0.717) is 32.9 Å². The number of methoxy groups -OCH3 is 2. The topological polar surface area (TPSA) is 76.7 Å². The third kappa shape index (κ3) is 4.78. The molecule has 132 valence electrons. The number of amides is 2. The first-order valence-corrected chi connectivity index (χ1v) is 7.96. The van der Waals surface area contributed by atoms with Crippen LogP contribution in [0.25, 0.3) is 0 Å². The molecule has 0 radical (unpaired) electrons. The van der Waals surface area contributed by atoms with Gasteiger partial charge < -0.3 is 20.1 Å². The predicted octanol–water partition coefficient (Wildman–Crippen LogP) is 3.98. The minimum atomic E-state index is -0.515. The van der Waals surface area contributed by atoms with Crippen molar-refractivity contribution in [3.63, 3.8) is 0 Å². The number of ether oxygens (including phenoxy) is 2. The molecule has 0 bridgehead atoms. The molecule has 6 nitrogen and oxygen atoms in total. The molecule has 0 aromatic heterocycles. The smallest absolute Gasteiger partial charge is 0.233 e. The molecule has 2 rings (SSSR count). The van der Waals surface area contributed by atoms with Gasteiger partial charge in [0.15, 0.2) is 11.5 Å².